The third-order valence-electron chi connectivity index (χ3n) is 10.5. The summed E-state index contributed by atoms with van der Waals surface area (Å²) in [6, 6.07) is 6.95. The Morgan fingerprint density at radius 1 is 0.576 bits per heavy atom. The van der Waals surface area contributed by atoms with Gasteiger partial charge in [-0.1, -0.05) is 30.3 Å². The zero-order chi connectivity index (χ0) is 49.3. The van der Waals surface area contributed by atoms with Crippen LogP contribution in [0.2, 0.25) is 0 Å². The molecule has 3 heterocycles. The number of fused-ring (bicyclic) bond motifs is 3. The van der Waals surface area contributed by atoms with Crippen molar-refractivity contribution >= 4 is 0 Å². The lowest BCUT2D eigenvalue weighted by atomic mass is 9.88. The van der Waals surface area contributed by atoms with E-state index in [0.29, 0.717) is 5.56 Å². The summed E-state index contributed by atoms with van der Waals surface area (Å²) in [7, 11) is 1.57. The van der Waals surface area contributed by atoms with E-state index in [1.165, 1.54) is 7.11 Å². The van der Waals surface area contributed by atoms with E-state index in [9.17, 15) is 61.5 Å². The number of hydrogen-bond donors (Lipinski definition) is 0. The lowest BCUT2D eigenvalue weighted by molar-refractivity contribution is -0.400. The van der Waals surface area contributed by atoms with Crippen LogP contribution in [0.25, 0.3) is 0 Å². The van der Waals surface area contributed by atoms with E-state index in [1.807, 2.05) is 0 Å². The standard InChI is InChI=1S/C38H39F18NO9/c1-58-25-21(16-22(31(39,40)33(43,44)35(47,48)37(51,52)53)17-23(25)32(41,42)34(45,46)36(49,50)38(54,55)56)18-57-8-10-60-12-14-62-27-26-24(19-64-29(66-26)20-6-4-3-5-7-20)65-30(59-2)28(27)63-15-13-61-11-9-57/h3-7,16-17,24,26-30H,8-15,18-19H2,1-2H3/t24-,26-,27+,28-,29-,30+/m1/s1. The maximum Gasteiger partial charge on any atom is 0.460 e. The molecule has 28 heteroatoms. The first-order valence-corrected chi connectivity index (χ1v) is 19.2. The fraction of sp³-hybridized carbons (Fsp3) is 0.684. The van der Waals surface area contributed by atoms with Gasteiger partial charge in [0.2, 0.25) is 0 Å². The quantitative estimate of drug-likeness (QED) is 0.204. The van der Waals surface area contributed by atoms with Gasteiger partial charge in [0.1, 0.15) is 30.2 Å². The average Bonchev–Trinajstić information content (AvgIpc) is 3.25. The van der Waals surface area contributed by atoms with Gasteiger partial charge in [-0.05, 0) is 12.1 Å². The summed E-state index contributed by atoms with van der Waals surface area (Å²) in [5.41, 5.74) is -7.06. The molecular formula is C38H39F18NO9. The SMILES string of the molecule is COc1c(CN2CCOCCO[C@@H]3[C@@H](OCCOCC2)[C@@H](OC)O[C@@H]2CO[C@@H](c4ccccc4)O[C@@H]32)cc(C(F)(F)C(F)(F)C(F)(F)C(F)(F)F)cc1C(F)(F)C(F)(F)C(F)(F)C(F)(F)F. The highest BCUT2D eigenvalue weighted by molar-refractivity contribution is 5.50. The topological polar surface area (TPSA) is 86.3 Å². The van der Waals surface area contributed by atoms with Crippen LogP contribution in [0.5, 0.6) is 5.75 Å². The molecule has 6 atom stereocenters. The first-order valence-electron chi connectivity index (χ1n) is 19.2. The average molecular weight is 996 g/mol. The van der Waals surface area contributed by atoms with Crippen molar-refractivity contribution < 1.29 is 122 Å². The number of hydrogen-bond acceptors (Lipinski definition) is 10. The summed E-state index contributed by atoms with van der Waals surface area (Å²) >= 11 is 0. The summed E-state index contributed by atoms with van der Waals surface area (Å²) < 4.78 is 306. The Kier molecular flexibility index (Phi) is 16.2. The van der Waals surface area contributed by atoms with Gasteiger partial charge in [0.05, 0.1) is 58.9 Å². The molecule has 5 rings (SSSR count). The van der Waals surface area contributed by atoms with Crippen molar-refractivity contribution in [2.75, 3.05) is 73.6 Å². The Morgan fingerprint density at radius 3 is 1.62 bits per heavy atom. The maximum absolute atomic E-state index is 15.5. The minimum absolute atomic E-state index is 0.0293. The van der Waals surface area contributed by atoms with Gasteiger partial charge in [-0.15, -0.1) is 0 Å². The molecule has 376 valence electrons. The van der Waals surface area contributed by atoms with Crippen LogP contribution >= 0.6 is 0 Å². The molecule has 10 nitrogen and oxygen atoms in total. The molecule has 0 amide bonds. The molecular weight excluding hydrogens is 956 g/mol. The van der Waals surface area contributed by atoms with Crippen molar-refractivity contribution in [1.82, 2.24) is 4.90 Å². The second-order valence-electron chi connectivity index (χ2n) is 14.8. The van der Waals surface area contributed by atoms with E-state index in [2.05, 4.69) is 4.74 Å². The van der Waals surface area contributed by atoms with Crippen LogP contribution in [-0.4, -0.2) is 145 Å². The number of nitrogens with zero attached hydrogens (tertiary/aromatic N) is 1. The Bertz CT molecular complexity index is 1910. The largest absolute Gasteiger partial charge is 0.496 e. The van der Waals surface area contributed by atoms with E-state index < -0.39 is 152 Å². The van der Waals surface area contributed by atoms with Gasteiger partial charge in [0.25, 0.3) is 0 Å². The number of ether oxygens (including phenoxy) is 9. The molecule has 0 N–H and O–H groups in total. The van der Waals surface area contributed by atoms with Crippen LogP contribution < -0.4 is 4.74 Å². The second kappa shape index (κ2) is 19.9. The Morgan fingerprint density at radius 2 is 1.11 bits per heavy atom. The van der Waals surface area contributed by atoms with Crippen molar-refractivity contribution in [3.63, 3.8) is 0 Å². The predicted molar refractivity (Wildman–Crippen MR) is 185 cm³/mol. The summed E-state index contributed by atoms with van der Waals surface area (Å²) in [4.78, 5) is 0.923. The van der Waals surface area contributed by atoms with Crippen LogP contribution in [0.3, 0.4) is 0 Å². The fourth-order valence-corrected chi connectivity index (χ4v) is 7.03. The third kappa shape index (κ3) is 10.2. The van der Waals surface area contributed by atoms with Gasteiger partial charge >= 0.3 is 47.9 Å². The Hall–Kier alpha value is -3.38. The van der Waals surface area contributed by atoms with Crippen LogP contribution in [0.1, 0.15) is 28.5 Å². The molecule has 0 saturated carbocycles. The first kappa shape index (κ1) is 53.6. The second-order valence-corrected chi connectivity index (χ2v) is 14.8. The number of alkyl halides is 18. The molecule has 3 aliphatic rings. The van der Waals surface area contributed by atoms with Gasteiger partial charge in [-0.2, -0.15) is 79.0 Å². The van der Waals surface area contributed by atoms with E-state index in [4.69, 9.17) is 37.9 Å². The van der Waals surface area contributed by atoms with E-state index in [-0.39, 0.29) is 40.1 Å². The molecule has 0 unspecified atom stereocenters. The summed E-state index contributed by atoms with van der Waals surface area (Å²) in [6.45, 7) is -4.28. The molecule has 2 aromatic carbocycles. The maximum atomic E-state index is 15.5. The lowest BCUT2D eigenvalue weighted by Gasteiger charge is -2.48. The summed E-state index contributed by atoms with van der Waals surface area (Å²) in [5.74, 6) is -46.8. The number of halogens is 18. The van der Waals surface area contributed by atoms with Crippen molar-refractivity contribution in [3.8, 4) is 5.75 Å². The minimum Gasteiger partial charge on any atom is -0.496 e. The molecule has 66 heavy (non-hydrogen) atoms. The molecule has 3 fully saturated rings. The zero-order valence-electron chi connectivity index (χ0n) is 34.0. The normalized spacial score (nSPS) is 25.9. The number of methoxy groups -OCH3 is 2. The van der Waals surface area contributed by atoms with Crippen LogP contribution in [0.4, 0.5) is 79.0 Å². The first-order chi connectivity index (χ1) is 30.5. The molecule has 2 aromatic rings. The highest BCUT2D eigenvalue weighted by Gasteiger charge is 2.84. The van der Waals surface area contributed by atoms with Crippen molar-refractivity contribution in [2.24, 2.45) is 0 Å². The Labute approximate surface area is 362 Å². The smallest absolute Gasteiger partial charge is 0.460 e. The van der Waals surface area contributed by atoms with Crippen LogP contribution in [0.15, 0.2) is 42.5 Å². The monoisotopic (exact) mass is 995 g/mol. The third-order valence-corrected chi connectivity index (χ3v) is 10.5. The van der Waals surface area contributed by atoms with E-state index in [0.717, 1.165) is 4.90 Å². The lowest BCUT2D eigenvalue weighted by Crippen LogP contribution is -2.63. The van der Waals surface area contributed by atoms with Crippen LogP contribution in [-0.2, 0) is 56.3 Å². The van der Waals surface area contributed by atoms with Gasteiger partial charge in [0.15, 0.2) is 12.6 Å². The van der Waals surface area contributed by atoms with E-state index >= 15 is 17.6 Å². The molecule has 3 aliphatic heterocycles. The van der Waals surface area contributed by atoms with Crippen molar-refractivity contribution in [3.05, 3.63) is 64.7 Å². The molecule has 0 spiro atoms. The van der Waals surface area contributed by atoms with Crippen molar-refractivity contribution in [2.45, 2.75) is 91.4 Å². The number of rotatable bonds is 11. The molecule has 0 bridgehead atoms. The van der Waals surface area contributed by atoms with Gasteiger partial charge in [-0.3, -0.25) is 4.90 Å². The summed E-state index contributed by atoms with van der Waals surface area (Å²) in [6.07, 6.45) is -20.4. The molecule has 3 saturated heterocycles. The van der Waals surface area contributed by atoms with Gasteiger partial charge in [0, 0.05) is 43.4 Å². The predicted octanol–water partition coefficient (Wildman–Crippen LogP) is 8.65. The van der Waals surface area contributed by atoms with Crippen molar-refractivity contribution in [1.29, 1.82) is 0 Å². The van der Waals surface area contributed by atoms with Gasteiger partial charge < -0.3 is 42.6 Å². The van der Waals surface area contributed by atoms with Crippen LogP contribution in [0, 0.1) is 0 Å². The number of benzene rings is 2. The highest BCUT2D eigenvalue weighted by atomic mass is 19.4. The summed E-state index contributed by atoms with van der Waals surface area (Å²) in [5, 5.41) is 0. The van der Waals surface area contributed by atoms with E-state index in [1.54, 1.807) is 30.3 Å². The molecule has 0 radical (unpaired) electrons. The minimum atomic E-state index is -7.73. The molecule has 0 aromatic heterocycles. The highest BCUT2D eigenvalue weighted by Crippen LogP contribution is 2.61. The fourth-order valence-electron chi connectivity index (χ4n) is 7.03. The Balaban J connectivity index is 1.47. The van der Waals surface area contributed by atoms with Gasteiger partial charge in [-0.25, -0.2) is 0 Å². The zero-order valence-corrected chi connectivity index (χ0v) is 34.0. The molecule has 0 aliphatic carbocycles.